The molecule has 108 valence electrons. The van der Waals surface area contributed by atoms with Crippen molar-refractivity contribution in [2.75, 3.05) is 20.2 Å². The van der Waals surface area contributed by atoms with Crippen LogP contribution in [0.25, 0.3) is 0 Å². The molecule has 1 aliphatic heterocycles. The molecule has 6 heteroatoms. The summed E-state index contributed by atoms with van der Waals surface area (Å²) in [6, 6.07) is 5.68. The van der Waals surface area contributed by atoms with Gasteiger partial charge in [0.2, 0.25) is 0 Å². The van der Waals surface area contributed by atoms with Crippen LogP contribution in [0.2, 0.25) is 0 Å². The molecule has 1 aromatic carbocycles. The minimum Gasteiger partial charge on any atom is -0.453 e. The Morgan fingerprint density at radius 3 is 2.65 bits per heavy atom. The van der Waals surface area contributed by atoms with Crippen LogP contribution in [-0.4, -0.2) is 43.1 Å². The number of methoxy groups -OCH3 is 1. The van der Waals surface area contributed by atoms with E-state index in [2.05, 4.69) is 10.1 Å². The molecular weight excluding hydrogens is 263 g/mol. The Kier molecular flexibility index (Phi) is 4.55. The van der Waals surface area contributed by atoms with E-state index in [0.717, 1.165) is 0 Å². The highest BCUT2D eigenvalue weighted by atomic mass is 19.1. The standard InChI is InChI=1S/C14H17FN2O3/c1-20-14(19)16-12-5-7-17(8-6-12)13(18)10-3-2-4-11(15)9-10/h2-4,9,12H,5-8H2,1H3,(H,16,19). The van der Waals surface area contributed by atoms with Gasteiger partial charge in [0.05, 0.1) is 7.11 Å². The van der Waals surface area contributed by atoms with Gasteiger partial charge in [0, 0.05) is 24.7 Å². The maximum atomic E-state index is 13.1. The Labute approximate surface area is 116 Å². The number of ether oxygens (including phenoxy) is 1. The fraction of sp³-hybridized carbons (Fsp3) is 0.429. The predicted octanol–water partition coefficient (Wildman–Crippen LogP) is 1.79. The molecule has 2 rings (SSSR count). The number of piperidine rings is 1. The van der Waals surface area contributed by atoms with Crippen LogP contribution in [0.5, 0.6) is 0 Å². The van der Waals surface area contributed by atoms with E-state index in [0.29, 0.717) is 31.5 Å². The molecule has 0 saturated carbocycles. The number of amides is 2. The predicted molar refractivity (Wildman–Crippen MR) is 70.9 cm³/mol. The van der Waals surface area contributed by atoms with Crippen LogP contribution in [-0.2, 0) is 4.74 Å². The van der Waals surface area contributed by atoms with Crippen LogP contribution in [0, 0.1) is 5.82 Å². The van der Waals surface area contributed by atoms with E-state index < -0.39 is 11.9 Å². The molecule has 1 fully saturated rings. The molecule has 2 amide bonds. The van der Waals surface area contributed by atoms with Gasteiger partial charge in [-0.3, -0.25) is 4.79 Å². The normalized spacial score (nSPS) is 15.8. The fourth-order valence-corrected chi connectivity index (χ4v) is 2.26. The van der Waals surface area contributed by atoms with E-state index in [-0.39, 0.29) is 11.9 Å². The summed E-state index contributed by atoms with van der Waals surface area (Å²) < 4.78 is 17.6. The lowest BCUT2D eigenvalue weighted by Gasteiger charge is -2.32. The molecule has 1 aromatic rings. The molecule has 1 saturated heterocycles. The third-order valence-electron chi connectivity index (χ3n) is 3.36. The zero-order chi connectivity index (χ0) is 14.5. The highest BCUT2D eigenvalue weighted by molar-refractivity contribution is 5.94. The molecule has 5 nitrogen and oxygen atoms in total. The largest absolute Gasteiger partial charge is 0.453 e. The lowest BCUT2D eigenvalue weighted by molar-refractivity contribution is 0.0703. The second-order valence-corrected chi connectivity index (χ2v) is 4.71. The Morgan fingerprint density at radius 2 is 2.05 bits per heavy atom. The maximum Gasteiger partial charge on any atom is 0.407 e. The Bertz CT molecular complexity index is 499. The van der Waals surface area contributed by atoms with Gasteiger partial charge in [0.1, 0.15) is 5.82 Å². The van der Waals surface area contributed by atoms with Crippen LogP contribution < -0.4 is 5.32 Å². The van der Waals surface area contributed by atoms with Crippen molar-refractivity contribution < 1.29 is 18.7 Å². The average molecular weight is 280 g/mol. The minimum absolute atomic E-state index is 0.0130. The highest BCUT2D eigenvalue weighted by Crippen LogP contribution is 2.14. The number of alkyl carbamates (subject to hydrolysis) is 1. The van der Waals surface area contributed by atoms with Gasteiger partial charge in [-0.2, -0.15) is 0 Å². The summed E-state index contributed by atoms with van der Waals surface area (Å²) >= 11 is 0. The first-order chi connectivity index (χ1) is 9.60. The van der Waals surface area contributed by atoms with Crippen molar-refractivity contribution in [3.8, 4) is 0 Å². The van der Waals surface area contributed by atoms with Crippen molar-refractivity contribution in [2.45, 2.75) is 18.9 Å². The van der Waals surface area contributed by atoms with Gasteiger partial charge in [-0.15, -0.1) is 0 Å². The van der Waals surface area contributed by atoms with Gasteiger partial charge in [-0.1, -0.05) is 6.07 Å². The molecule has 20 heavy (non-hydrogen) atoms. The number of nitrogens with one attached hydrogen (secondary N) is 1. The summed E-state index contributed by atoms with van der Waals surface area (Å²) in [5, 5.41) is 2.72. The number of carbonyl (C=O) groups is 2. The lowest BCUT2D eigenvalue weighted by Crippen LogP contribution is -2.46. The molecule has 0 aromatic heterocycles. The van der Waals surface area contributed by atoms with Crippen LogP contribution in [0.1, 0.15) is 23.2 Å². The van der Waals surface area contributed by atoms with Crippen LogP contribution in [0.4, 0.5) is 9.18 Å². The average Bonchev–Trinajstić information content (AvgIpc) is 2.47. The zero-order valence-electron chi connectivity index (χ0n) is 11.3. The van der Waals surface area contributed by atoms with Crippen molar-refractivity contribution >= 4 is 12.0 Å². The summed E-state index contributed by atoms with van der Waals surface area (Å²) in [6.07, 6.45) is 0.867. The number of hydrogen-bond donors (Lipinski definition) is 1. The van der Waals surface area contributed by atoms with Crippen molar-refractivity contribution in [1.29, 1.82) is 0 Å². The zero-order valence-corrected chi connectivity index (χ0v) is 11.3. The Balaban J connectivity index is 1.90. The SMILES string of the molecule is COC(=O)NC1CCN(C(=O)c2cccc(F)c2)CC1. The smallest absolute Gasteiger partial charge is 0.407 e. The minimum atomic E-state index is -0.458. The monoisotopic (exact) mass is 280 g/mol. The number of nitrogens with zero attached hydrogens (tertiary/aromatic N) is 1. The third-order valence-corrected chi connectivity index (χ3v) is 3.36. The molecular formula is C14H17FN2O3. The molecule has 0 atom stereocenters. The molecule has 1 aliphatic rings. The van der Waals surface area contributed by atoms with E-state index in [4.69, 9.17) is 0 Å². The van der Waals surface area contributed by atoms with E-state index in [1.165, 1.54) is 25.3 Å². The Hall–Kier alpha value is -2.11. The molecule has 0 spiro atoms. The molecule has 0 bridgehead atoms. The van der Waals surface area contributed by atoms with Gasteiger partial charge in [-0.25, -0.2) is 9.18 Å². The van der Waals surface area contributed by atoms with Crippen molar-refractivity contribution in [3.05, 3.63) is 35.6 Å². The second-order valence-electron chi connectivity index (χ2n) is 4.71. The van der Waals surface area contributed by atoms with E-state index in [1.54, 1.807) is 11.0 Å². The number of benzene rings is 1. The second kappa shape index (κ2) is 6.36. The molecule has 0 radical (unpaired) electrons. The number of hydrogen-bond acceptors (Lipinski definition) is 3. The van der Waals surface area contributed by atoms with Gasteiger partial charge in [0.25, 0.3) is 5.91 Å². The van der Waals surface area contributed by atoms with Crippen molar-refractivity contribution in [2.24, 2.45) is 0 Å². The summed E-state index contributed by atoms with van der Waals surface area (Å²) in [5.74, 6) is -0.598. The summed E-state index contributed by atoms with van der Waals surface area (Å²) in [4.78, 5) is 25.0. The van der Waals surface area contributed by atoms with E-state index >= 15 is 0 Å². The first-order valence-corrected chi connectivity index (χ1v) is 6.49. The Morgan fingerprint density at radius 1 is 1.35 bits per heavy atom. The van der Waals surface area contributed by atoms with Crippen LogP contribution in [0.15, 0.2) is 24.3 Å². The van der Waals surface area contributed by atoms with Gasteiger partial charge in [-0.05, 0) is 31.0 Å². The van der Waals surface area contributed by atoms with Crippen molar-refractivity contribution in [1.82, 2.24) is 10.2 Å². The summed E-state index contributed by atoms with van der Waals surface area (Å²) in [5.41, 5.74) is 0.351. The maximum absolute atomic E-state index is 13.1. The number of rotatable bonds is 2. The van der Waals surface area contributed by atoms with Gasteiger partial charge >= 0.3 is 6.09 Å². The van der Waals surface area contributed by atoms with Gasteiger partial charge < -0.3 is 15.0 Å². The van der Waals surface area contributed by atoms with Crippen LogP contribution >= 0.6 is 0 Å². The number of likely N-dealkylation sites (tertiary alicyclic amines) is 1. The third kappa shape index (κ3) is 3.46. The number of carbonyl (C=O) groups excluding carboxylic acids is 2. The number of halogens is 1. The molecule has 0 aliphatic carbocycles. The first-order valence-electron chi connectivity index (χ1n) is 6.49. The molecule has 1 heterocycles. The summed E-state index contributed by atoms with van der Waals surface area (Å²) in [7, 11) is 1.32. The topological polar surface area (TPSA) is 58.6 Å². The van der Waals surface area contributed by atoms with Gasteiger partial charge in [0.15, 0.2) is 0 Å². The van der Waals surface area contributed by atoms with Crippen molar-refractivity contribution in [3.63, 3.8) is 0 Å². The quantitative estimate of drug-likeness (QED) is 0.898. The fourth-order valence-electron chi connectivity index (χ4n) is 2.26. The van der Waals surface area contributed by atoms with Crippen LogP contribution in [0.3, 0.4) is 0 Å². The first kappa shape index (κ1) is 14.3. The summed E-state index contributed by atoms with van der Waals surface area (Å²) in [6.45, 7) is 1.06. The molecule has 1 N–H and O–H groups in total. The van der Waals surface area contributed by atoms with E-state index in [9.17, 15) is 14.0 Å². The van der Waals surface area contributed by atoms with E-state index in [1.807, 2.05) is 0 Å². The lowest BCUT2D eigenvalue weighted by atomic mass is 10.0. The molecule has 0 unspecified atom stereocenters. The highest BCUT2D eigenvalue weighted by Gasteiger charge is 2.24.